The molecule has 2 aromatic heterocycles. The summed E-state index contributed by atoms with van der Waals surface area (Å²) in [5.74, 6) is 0.827. The molecule has 1 saturated heterocycles. The molecule has 0 N–H and O–H groups in total. The molecule has 0 bridgehead atoms. The minimum absolute atomic E-state index is 0.106. The number of sulfonamides is 1. The van der Waals surface area contributed by atoms with Gasteiger partial charge in [0.15, 0.2) is 0 Å². The lowest BCUT2D eigenvalue weighted by Crippen LogP contribution is -2.42. The van der Waals surface area contributed by atoms with E-state index in [4.69, 9.17) is 4.42 Å². The summed E-state index contributed by atoms with van der Waals surface area (Å²) >= 11 is 1.21. The average Bonchev–Trinajstić information content (AvgIpc) is 3.16. The van der Waals surface area contributed by atoms with Crippen LogP contribution in [0.4, 0.5) is 0 Å². The van der Waals surface area contributed by atoms with Crippen molar-refractivity contribution in [1.29, 1.82) is 0 Å². The predicted octanol–water partition coefficient (Wildman–Crippen LogP) is 3.06. The van der Waals surface area contributed by atoms with E-state index in [1.54, 1.807) is 22.7 Å². The maximum atomic E-state index is 12.9. The molecule has 1 fully saturated rings. The first-order valence-corrected chi connectivity index (χ1v) is 9.75. The summed E-state index contributed by atoms with van der Waals surface area (Å²) in [5, 5.41) is 9.47. The summed E-state index contributed by atoms with van der Waals surface area (Å²) in [6.07, 6.45) is 3.81. The van der Waals surface area contributed by atoms with Gasteiger partial charge in [0.05, 0.1) is 5.56 Å². The van der Waals surface area contributed by atoms with Gasteiger partial charge in [-0.05, 0) is 25.3 Å². The van der Waals surface area contributed by atoms with E-state index in [2.05, 4.69) is 10.2 Å². The molecule has 0 amide bonds. The molecule has 1 aliphatic rings. The second-order valence-electron chi connectivity index (χ2n) is 5.45. The monoisotopic (exact) mass is 341 g/mol. The molecule has 0 aliphatic carbocycles. The van der Waals surface area contributed by atoms with E-state index >= 15 is 0 Å². The van der Waals surface area contributed by atoms with Crippen LogP contribution in [0.1, 0.15) is 38.5 Å². The Bertz CT molecular complexity index is 751. The second-order valence-corrected chi connectivity index (χ2v) is 8.48. The number of hydrogen-bond acceptors (Lipinski definition) is 6. The molecule has 8 heteroatoms. The van der Waals surface area contributed by atoms with Gasteiger partial charge in [-0.15, -0.1) is 21.5 Å². The van der Waals surface area contributed by atoms with Crippen LogP contribution in [-0.4, -0.2) is 35.5 Å². The van der Waals surface area contributed by atoms with Gasteiger partial charge in [0.2, 0.25) is 11.8 Å². The van der Waals surface area contributed by atoms with Crippen LogP contribution in [0.15, 0.2) is 20.1 Å². The Morgan fingerprint density at radius 2 is 2.23 bits per heavy atom. The lowest BCUT2D eigenvalue weighted by molar-refractivity contribution is 0.247. The van der Waals surface area contributed by atoms with Crippen molar-refractivity contribution in [3.8, 4) is 11.5 Å². The number of rotatable bonds is 4. The van der Waals surface area contributed by atoms with Gasteiger partial charge < -0.3 is 4.42 Å². The van der Waals surface area contributed by atoms with Crippen LogP contribution in [0.5, 0.6) is 0 Å². The molecule has 1 aliphatic heterocycles. The summed E-state index contributed by atoms with van der Waals surface area (Å²) in [6.45, 7) is 4.35. The molecule has 1 atom stereocenters. The molecule has 6 nitrogen and oxygen atoms in total. The Hall–Kier alpha value is -1.25. The largest absolute Gasteiger partial charge is 0.421 e. The van der Waals surface area contributed by atoms with Crippen LogP contribution in [0.2, 0.25) is 0 Å². The van der Waals surface area contributed by atoms with E-state index in [0.29, 0.717) is 28.1 Å². The van der Waals surface area contributed by atoms with Crippen molar-refractivity contribution in [3.63, 3.8) is 0 Å². The van der Waals surface area contributed by atoms with Crippen molar-refractivity contribution in [2.24, 2.45) is 0 Å². The maximum Gasteiger partial charge on any atom is 0.252 e. The van der Waals surface area contributed by atoms with Gasteiger partial charge in [-0.1, -0.05) is 13.3 Å². The normalized spacial score (nSPS) is 20.4. The molecule has 0 radical (unpaired) electrons. The Balaban J connectivity index is 1.91. The van der Waals surface area contributed by atoms with E-state index in [9.17, 15) is 8.42 Å². The van der Waals surface area contributed by atoms with Crippen LogP contribution in [0.3, 0.4) is 0 Å². The number of hydrogen-bond donors (Lipinski definition) is 0. The molecule has 0 aromatic carbocycles. The molecule has 0 saturated carbocycles. The molecular weight excluding hydrogens is 322 g/mol. The van der Waals surface area contributed by atoms with Gasteiger partial charge >= 0.3 is 0 Å². The van der Waals surface area contributed by atoms with Crippen molar-refractivity contribution in [3.05, 3.63) is 17.3 Å². The lowest BCUT2D eigenvalue weighted by atomic mass is 10.0. The predicted molar refractivity (Wildman–Crippen MR) is 84.2 cm³/mol. The number of piperidine rings is 1. The highest BCUT2D eigenvalue weighted by Gasteiger charge is 2.33. The van der Waals surface area contributed by atoms with Crippen molar-refractivity contribution >= 4 is 21.4 Å². The Labute approximate surface area is 134 Å². The average molecular weight is 341 g/mol. The number of aryl methyl sites for hydroxylation is 1. The zero-order chi connectivity index (χ0) is 15.7. The Kier molecular flexibility index (Phi) is 4.33. The first kappa shape index (κ1) is 15.6. The number of nitrogens with zero attached hydrogens (tertiary/aromatic N) is 3. The van der Waals surface area contributed by atoms with Crippen molar-refractivity contribution in [2.45, 2.75) is 49.8 Å². The van der Waals surface area contributed by atoms with Crippen LogP contribution in [0, 0.1) is 6.92 Å². The summed E-state index contributed by atoms with van der Waals surface area (Å²) < 4.78 is 33.1. The fourth-order valence-electron chi connectivity index (χ4n) is 2.79. The SMILES string of the molecule is CCC1CCCCN1S(=O)(=O)c1cc(-c2nnc(C)o2)cs1. The zero-order valence-electron chi connectivity index (χ0n) is 12.7. The smallest absolute Gasteiger partial charge is 0.252 e. The first-order valence-electron chi connectivity index (χ1n) is 7.43. The van der Waals surface area contributed by atoms with E-state index in [0.717, 1.165) is 25.7 Å². The van der Waals surface area contributed by atoms with Gasteiger partial charge in [0, 0.05) is 24.9 Å². The highest BCUT2D eigenvalue weighted by atomic mass is 32.2. The van der Waals surface area contributed by atoms with Crippen LogP contribution >= 0.6 is 11.3 Å². The molecular formula is C14H19N3O3S2. The molecule has 1 unspecified atom stereocenters. The van der Waals surface area contributed by atoms with E-state index in [-0.39, 0.29) is 6.04 Å². The summed E-state index contributed by atoms with van der Waals surface area (Å²) in [7, 11) is -3.44. The lowest BCUT2D eigenvalue weighted by Gasteiger charge is -2.33. The molecule has 120 valence electrons. The van der Waals surface area contributed by atoms with Gasteiger partial charge in [-0.25, -0.2) is 8.42 Å². The van der Waals surface area contributed by atoms with Gasteiger partial charge in [-0.2, -0.15) is 4.31 Å². The van der Waals surface area contributed by atoms with E-state index in [1.165, 1.54) is 11.3 Å². The third kappa shape index (κ3) is 2.82. The van der Waals surface area contributed by atoms with E-state index < -0.39 is 10.0 Å². The first-order chi connectivity index (χ1) is 10.5. The van der Waals surface area contributed by atoms with Crippen molar-refractivity contribution in [2.75, 3.05) is 6.54 Å². The summed E-state index contributed by atoms with van der Waals surface area (Å²) in [6, 6.07) is 1.74. The van der Waals surface area contributed by atoms with Crippen LogP contribution in [0.25, 0.3) is 11.5 Å². The number of aromatic nitrogens is 2. The number of thiophene rings is 1. The van der Waals surface area contributed by atoms with Gasteiger partial charge in [-0.3, -0.25) is 0 Å². The Morgan fingerprint density at radius 3 is 2.91 bits per heavy atom. The van der Waals surface area contributed by atoms with Crippen LogP contribution < -0.4 is 0 Å². The maximum absolute atomic E-state index is 12.9. The third-order valence-corrected chi connectivity index (χ3v) is 7.32. The zero-order valence-corrected chi connectivity index (χ0v) is 14.3. The second kappa shape index (κ2) is 6.10. The van der Waals surface area contributed by atoms with Crippen molar-refractivity contribution in [1.82, 2.24) is 14.5 Å². The topological polar surface area (TPSA) is 76.3 Å². The van der Waals surface area contributed by atoms with E-state index in [1.807, 2.05) is 6.92 Å². The minimum Gasteiger partial charge on any atom is -0.421 e. The van der Waals surface area contributed by atoms with Gasteiger partial charge in [0.25, 0.3) is 10.0 Å². The van der Waals surface area contributed by atoms with Crippen LogP contribution in [-0.2, 0) is 10.0 Å². The fourth-order valence-corrected chi connectivity index (χ4v) is 5.84. The molecule has 2 aromatic rings. The molecule has 0 spiro atoms. The highest BCUT2D eigenvalue weighted by molar-refractivity contribution is 7.91. The molecule has 3 rings (SSSR count). The van der Waals surface area contributed by atoms with Gasteiger partial charge in [0.1, 0.15) is 4.21 Å². The summed E-state index contributed by atoms with van der Waals surface area (Å²) in [5.41, 5.74) is 0.661. The Morgan fingerprint density at radius 1 is 1.41 bits per heavy atom. The molecule has 22 heavy (non-hydrogen) atoms. The quantitative estimate of drug-likeness (QED) is 0.854. The highest BCUT2D eigenvalue weighted by Crippen LogP contribution is 2.33. The standard InChI is InChI=1S/C14H19N3O3S2/c1-3-12-6-4-5-7-17(12)22(18,19)13-8-11(9-21-13)14-16-15-10(2)20-14/h8-9,12H,3-7H2,1-2H3. The fraction of sp³-hybridized carbons (Fsp3) is 0.571. The summed E-state index contributed by atoms with van der Waals surface area (Å²) in [4.78, 5) is 0. The molecule has 3 heterocycles. The minimum atomic E-state index is -3.44. The third-order valence-electron chi connectivity index (χ3n) is 3.96. The van der Waals surface area contributed by atoms with Crippen molar-refractivity contribution < 1.29 is 12.8 Å².